The average molecular weight is 429 g/mol. The molecule has 3 aromatic rings. The van der Waals surface area contributed by atoms with Crippen molar-refractivity contribution in [2.24, 2.45) is 4.99 Å². The zero-order valence-corrected chi connectivity index (χ0v) is 16.9. The van der Waals surface area contributed by atoms with E-state index in [1.54, 1.807) is 22.8 Å². The molecule has 0 radical (unpaired) electrons. The van der Waals surface area contributed by atoms with E-state index in [-0.39, 0.29) is 23.5 Å². The van der Waals surface area contributed by atoms with E-state index in [0.717, 1.165) is 11.0 Å². The van der Waals surface area contributed by atoms with Gasteiger partial charge in [0, 0.05) is 18.4 Å². The fourth-order valence-corrected chi connectivity index (χ4v) is 4.33. The fourth-order valence-electron chi connectivity index (χ4n) is 2.68. The predicted molar refractivity (Wildman–Crippen MR) is 109 cm³/mol. The van der Waals surface area contributed by atoms with Crippen LogP contribution in [-0.2, 0) is 27.6 Å². The van der Waals surface area contributed by atoms with Crippen LogP contribution in [0.15, 0.2) is 52.4 Å². The van der Waals surface area contributed by atoms with Crippen molar-refractivity contribution in [1.29, 1.82) is 0 Å². The maximum absolute atomic E-state index is 12.4. The number of benzene rings is 2. The topological polar surface area (TPSA) is 112 Å². The highest BCUT2D eigenvalue weighted by atomic mass is 32.2. The molecule has 0 aliphatic rings. The highest BCUT2D eigenvalue weighted by Gasteiger charge is 2.13. The molecule has 8 nitrogen and oxygen atoms in total. The third-order valence-corrected chi connectivity index (χ3v) is 6.24. The number of amides is 1. The summed E-state index contributed by atoms with van der Waals surface area (Å²) in [6, 6.07) is 10.4. The first kappa shape index (κ1) is 20.4. The van der Waals surface area contributed by atoms with Crippen molar-refractivity contribution in [3.05, 3.63) is 62.9 Å². The molecular weight excluding hydrogens is 414 g/mol. The van der Waals surface area contributed by atoms with Crippen LogP contribution in [-0.4, -0.2) is 30.1 Å². The van der Waals surface area contributed by atoms with Crippen molar-refractivity contribution < 1.29 is 18.1 Å². The number of nitro groups is 1. The number of fused-ring (bicyclic) bond motifs is 1. The Labute approximate surface area is 170 Å². The number of carbonyl (C=O) groups is 1. The summed E-state index contributed by atoms with van der Waals surface area (Å²) in [7, 11) is -3.31. The molecule has 0 saturated carbocycles. The number of carbonyl (C=O) groups excluding carboxylic acids is 1. The van der Waals surface area contributed by atoms with Gasteiger partial charge >= 0.3 is 0 Å². The quantitative estimate of drug-likeness (QED) is 0.351. The van der Waals surface area contributed by atoms with E-state index < -0.39 is 20.7 Å². The van der Waals surface area contributed by atoms with Crippen molar-refractivity contribution >= 4 is 43.0 Å². The van der Waals surface area contributed by atoms with Crippen LogP contribution in [0.3, 0.4) is 0 Å². The maximum Gasteiger partial charge on any atom is 0.271 e. The van der Waals surface area contributed by atoms with Gasteiger partial charge in [-0.25, -0.2) is 8.42 Å². The molecule has 0 fully saturated rings. The summed E-state index contributed by atoms with van der Waals surface area (Å²) >= 11 is 1.21. The first-order chi connectivity index (χ1) is 13.7. The lowest BCUT2D eigenvalue weighted by Crippen LogP contribution is -2.17. The van der Waals surface area contributed by atoms with Crippen LogP contribution in [0.2, 0.25) is 0 Å². The van der Waals surface area contributed by atoms with Gasteiger partial charge in [0.25, 0.3) is 11.6 Å². The second-order valence-corrected chi connectivity index (χ2v) is 9.21. The number of aromatic nitrogens is 1. The Morgan fingerprint density at radius 1 is 1.28 bits per heavy atom. The van der Waals surface area contributed by atoms with Crippen LogP contribution in [0.4, 0.5) is 5.69 Å². The van der Waals surface area contributed by atoms with E-state index >= 15 is 0 Å². The standard InChI is InChI=1S/C19H15N3O5S2/c1-3-10-21-16-12-14(22(24)25)6-9-17(16)28-19(21)20-18(23)11-13-4-7-15(8-5-13)29(2,26)27/h1,4-9,12H,10-11H2,2H3. The van der Waals surface area contributed by atoms with E-state index in [2.05, 4.69) is 10.9 Å². The smallest absolute Gasteiger partial charge is 0.271 e. The SMILES string of the molecule is C#CCn1c(=NC(=O)Cc2ccc(S(C)(=O)=O)cc2)sc2ccc([N+](=O)[O-])cc21. The van der Waals surface area contributed by atoms with Crippen molar-refractivity contribution in [1.82, 2.24) is 4.57 Å². The van der Waals surface area contributed by atoms with Gasteiger partial charge in [0.1, 0.15) is 0 Å². The Kier molecular flexibility index (Phi) is 5.63. The molecule has 0 bridgehead atoms. The second kappa shape index (κ2) is 7.98. The van der Waals surface area contributed by atoms with Crippen LogP contribution in [0, 0.1) is 22.5 Å². The van der Waals surface area contributed by atoms with E-state index in [9.17, 15) is 23.3 Å². The van der Waals surface area contributed by atoms with Crippen molar-refractivity contribution in [2.45, 2.75) is 17.9 Å². The third kappa shape index (κ3) is 4.59. The molecule has 0 unspecified atom stereocenters. The molecule has 1 heterocycles. The van der Waals surface area contributed by atoms with Gasteiger partial charge in [-0.15, -0.1) is 6.42 Å². The first-order valence-electron chi connectivity index (χ1n) is 8.27. The lowest BCUT2D eigenvalue weighted by Gasteiger charge is -2.01. The molecule has 29 heavy (non-hydrogen) atoms. The van der Waals surface area contributed by atoms with Crippen LogP contribution >= 0.6 is 11.3 Å². The Balaban J connectivity index is 1.96. The summed E-state index contributed by atoms with van der Waals surface area (Å²) < 4.78 is 25.3. The Hall–Kier alpha value is -3.29. The number of nitrogens with zero attached hydrogens (tertiary/aromatic N) is 3. The molecule has 1 amide bonds. The van der Waals surface area contributed by atoms with Gasteiger partial charge in [-0.1, -0.05) is 29.4 Å². The third-order valence-electron chi connectivity index (χ3n) is 4.05. The molecule has 0 N–H and O–H groups in total. The molecule has 10 heteroatoms. The van der Waals surface area contributed by atoms with Crippen LogP contribution in [0.5, 0.6) is 0 Å². The second-order valence-electron chi connectivity index (χ2n) is 6.18. The number of nitro benzene ring substituents is 1. The molecule has 0 aliphatic carbocycles. The zero-order chi connectivity index (χ0) is 21.2. The molecule has 148 valence electrons. The first-order valence-corrected chi connectivity index (χ1v) is 11.0. The Bertz CT molecular complexity index is 1330. The lowest BCUT2D eigenvalue weighted by molar-refractivity contribution is -0.384. The van der Waals surface area contributed by atoms with E-state index in [1.165, 1.54) is 35.6 Å². The molecule has 0 aliphatic heterocycles. The summed E-state index contributed by atoms with van der Waals surface area (Å²) in [6.45, 7) is 0.107. The summed E-state index contributed by atoms with van der Waals surface area (Å²) in [5.74, 6) is 2.03. The van der Waals surface area contributed by atoms with E-state index in [0.29, 0.717) is 15.9 Å². The monoisotopic (exact) mass is 429 g/mol. The lowest BCUT2D eigenvalue weighted by atomic mass is 10.1. The minimum Gasteiger partial charge on any atom is -0.304 e. The average Bonchev–Trinajstić information content (AvgIpc) is 2.98. The summed E-state index contributed by atoms with van der Waals surface area (Å²) in [5, 5.41) is 11.0. The van der Waals surface area contributed by atoms with Crippen LogP contribution in [0.25, 0.3) is 10.2 Å². The summed E-state index contributed by atoms with van der Waals surface area (Å²) in [5.41, 5.74) is 1.07. The number of sulfone groups is 1. The number of terminal acetylenes is 1. The zero-order valence-electron chi connectivity index (χ0n) is 15.2. The number of hydrogen-bond donors (Lipinski definition) is 0. The van der Waals surface area contributed by atoms with Crippen molar-refractivity contribution in [3.63, 3.8) is 0 Å². The number of hydrogen-bond acceptors (Lipinski definition) is 6. The number of non-ortho nitro benzene ring substituents is 1. The van der Waals surface area contributed by atoms with Gasteiger partial charge in [0.2, 0.25) is 0 Å². The summed E-state index contributed by atoms with van der Waals surface area (Å²) in [6.07, 6.45) is 6.50. The molecule has 3 rings (SSSR count). The summed E-state index contributed by atoms with van der Waals surface area (Å²) in [4.78, 5) is 27.6. The molecule has 2 aromatic carbocycles. The fraction of sp³-hybridized carbons (Fsp3) is 0.158. The molecule has 0 saturated heterocycles. The maximum atomic E-state index is 12.4. The van der Waals surface area contributed by atoms with Gasteiger partial charge in [0.05, 0.1) is 33.0 Å². The van der Waals surface area contributed by atoms with Crippen molar-refractivity contribution in [2.75, 3.05) is 6.26 Å². The highest BCUT2D eigenvalue weighted by molar-refractivity contribution is 7.90. The van der Waals surface area contributed by atoms with E-state index in [1.807, 2.05) is 0 Å². The largest absolute Gasteiger partial charge is 0.304 e. The van der Waals surface area contributed by atoms with Gasteiger partial charge in [-0.05, 0) is 23.8 Å². The number of rotatable bonds is 5. The minimum atomic E-state index is -3.31. The van der Waals surface area contributed by atoms with Gasteiger partial charge in [0.15, 0.2) is 14.6 Å². The molecule has 0 spiro atoms. The van der Waals surface area contributed by atoms with Crippen molar-refractivity contribution in [3.8, 4) is 12.3 Å². The van der Waals surface area contributed by atoms with Crippen LogP contribution in [0.1, 0.15) is 5.56 Å². The Morgan fingerprint density at radius 3 is 2.55 bits per heavy atom. The molecule has 0 atom stereocenters. The molecular formula is C19H15N3O5S2. The van der Waals surface area contributed by atoms with Gasteiger partial charge in [-0.2, -0.15) is 4.99 Å². The van der Waals surface area contributed by atoms with E-state index in [4.69, 9.17) is 6.42 Å². The normalized spacial score (nSPS) is 12.1. The highest BCUT2D eigenvalue weighted by Crippen LogP contribution is 2.23. The minimum absolute atomic E-state index is 0.0194. The van der Waals surface area contributed by atoms with Crippen LogP contribution < -0.4 is 4.80 Å². The van der Waals surface area contributed by atoms with Gasteiger partial charge in [-0.3, -0.25) is 14.9 Å². The number of thiazole rings is 1. The Morgan fingerprint density at radius 2 is 1.97 bits per heavy atom. The molecule has 1 aromatic heterocycles. The predicted octanol–water partition coefficient (Wildman–Crippen LogP) is 2.32. The van der Waals surface area contributed by atoms with Gasteiger partial charge < -0.3 is 4.57 Å².